The van der Waals surface area contributed by atoms with Gasteiger partial charge in [0.05, 0.1) is 20.1 Å². The molecule has 2 aliphatic rings. The zero-order valence-electron chi connectivity index (χ0n) is 9.97. The van der Waals surface area contributed by atoms with Crippen LogP contribution in [0.5, 0.6) is 0 Å². The largest absolute Gasteiger partial charge is 0.466 e. The molecule has 0 aromatic heterocycles. The summed E-state index contributed by atoms with van der Waals surface area (Å²) in [5.41, 5.74) is 0.376. The number of carbonyl (C=O) groups is 3. The first kappa shape index (κ1) is 12.3. The highest BCUT2D eigenvalue weighted by molar-refractivity contribution is 5.96. The number of methoxy groups -OCH3 is 2. The number of rotatable bonds is 2. The molecular weight excluding hydrogens is 240 g/mol. The van der Waals surface area contributed by atoms with E-state index in [4.69, 9.17) is 4.74 Å². The van der Waals surface area contributed by atoms with Crippen LogP contribution < -0.4 is 0 Å². The minimum Gasteiger partial charge on any atom is -0.466 e. The van der Waals surface area contributed by atoms with Gasteiger partial charge in [0, 0.05) is 11.5 Å². The summed E-state index contributed by atoms with van der Waals surface area (Å²) < 4.78 is 14.0. The van der Waals surface area contributed by atoms with E-state index in [-0.39, 0.29) is 5.76 Å². The third kappa shape index (κ3) is 1.90. The first-order valence-electron chi connectivity index (χ1n) is 5.38. The van der Waals surface area contributed by atoms with Crippen molar-refractivity contribution in [3.05, 3.63) is 23.5 Å². The summed E-state index contributed by atoms with van der Waals surface area (Å²) in [6.07, 6.45) is 3.48. The average Bonchev–Trinajstić information content (AvgIpc) is 2.81. The van der Waals surface area contributed by atoms with E-state index in [1.165, 1.54) is 20.3 Å². The summed E-state index contributed by atoms with van der Waals surface area (Å²) in [5, 5.41) is 0. The van der Waals surface area contributed by atoms with Gasteiger partial charge in [0.1, 0.15) is 0 Å². The lowest BCUT2D eigenvalue weighted by molar-refractivity contribution is -0.155. The van der Waals surface area contributed by atoms with Crippen molar-refractivity contribution in [3.8, 4) is 0 Å². The van der Waals surface area contributed by atoms with Crippen molar-refractivity contribution in [1.29, 1.82) is 0 Å². The number of hydrogen-bond donors (Lipinski definition) is 0. The second kappa shape index (κ2) is 4.64. The first-order chi connectivity index (χ1) is 8.58. The molecule has 0 saturated heterocycles. The van der Waals surface area contributed by atoms with Crippen molar-refractivity contribution in [2.45, 2.75) is 6.42 Å². The molecule has 6 heteroatoms. The molecule has 1 heterocycles. The maximum Gasteiger partial charge on any atom is 0.373 e. The van der Waals surface area contributed by atoms with Gasteiger partial charge in [-0.1, -0.05) is 6.08 Å². The van der Waals surface area contributed by atoms with Gasteiger partial charge < -0.3 is 14.2 Å². The van der Waals surface area contributed by atoms with Crippen LogP contribution in [0.4, 0.5) is 0 Å². The van der Waals surface area contributed by atoms with Crippen LogP contribution in [0.3, 0.4) is 0 Å². The minimum absolute atomic E-state index is 0.180. The van der Waals surface area contributed by atoms with E-state index >= 15 is 0 Å². The summed E-state index contributed by atoms with van der Waals surface area (Å²) in [6.45, 7) is 0. The average molecular weight is 252 g/mol. The predicted octanol–water partition coefficient (Wildman–Crippen LogP) is 0.336. The molecule has 2 atom stereocenters. The Bertz CT molecular complexity index is 473. The van der Waals surface area contributed by atoms with Crippen molar-refractivity contribution < 1.29 is 28.6 Å². The predicted molar refractivity (Wildman–Crippen MR) is 57.9 cm³/mol. The number of fused-ring (bicyclic) bond motifs is 1. The van der Waals surface area contributed by atoms with Crippen LogP contribution in [0.25, 0.3) is 0 Å². The van der Waals surface area contributed by atoms with Crippen LogP contribution in [-0.4, -0.2) is 32.1 Å². The molecule has 18 heavy (non-hydrogen) atoms. The number of hydrogen-bond acceptors (Lipinski definition) is 6. The Morgan fingerprint density at radius 3 is 2.56 bits per heavy atom. The van der Waals surface area contributed by atoms with Crippen molar-refractivity contribution >= 4 is 17.9 Å². The van der Waals surface area contributed by atoms with Crippen LogP contribution in [0.2, 0.25) is 0 Å². The molecule has 0 bridgehead atoms. The Labute approximate surface area is 103 Å². The minimum atomic E-state index is -0.738. The summed E-state index contributed by atoms with van der Waals surface area (Å²) in [6, 6.07) is 0. The Morgan fingerprint density at radius 2 is 1.94 bits per heavy atom. The van der Waals surface area contributed by atoms with E-state index in [1.54, 1.807) is 6.08 Å². The van der Waals surface area contributed by atoms with Gasteiger partial charge in [-0.25, -0.2) is 9.59 Å². The third-order valence-corrected chi connectivity index (χ3v) is 3.04. The highest BCUT2D eigenvalue weighted by Gasteiger charge is 2.43. The van der Waals surface area contributed by atoms with E-state index < -0.39 is 29.7 Å². The number of cyclic esters (lactones) is 1. The maximum absolute atomic E-state index is 11.7. The van der Waals surface area contributed by atoms with E-state index in [2.05, 4.69) is 9.47 Å². The SMILES string of the molecule is COC(=O)C1=C[C@@H]2C(C(=O)OC)=CC[C@@H]2C(=O)O1. The smallest absolute Gasteiger partial charge is 0.373 e. The quantitative estimate of drug-likeness (QED) is 0.520. The monoisotopic (exact) mass is 252 g/mol. The van der Waals surface area contributed by atoms with Gasteiger partial charge in [-0.05, 0) is 12.5 Å². The molecule has 1 aliphatic heterocycles. The van der Waals surface area contributed by atoms with Crippen molar-refractivity contribution in [1.82, 2.24) is 0 Å². The molecule has 0 radical (unpaired) electrons. The van der Waals surface area contributed by atoms with Gasteiger partial charge in [0.15, 0.2) is 0 Å². The standard InChI is InChI=1S/C12H12O6/c1-16-10(13)6-3-4-7-8(6)5-9(12(15)17-2)18-11(7)14/h3,5,7-8H,4H2,1-2H3/t7-,8+/m0/s1. The maximum atomic E-state index is 11.7. The van der Waals surface area contributed by atoms with Crippen LogP contribution in [0, 0.1) is 11.8 Å². The van der Waals surface area contributed by atoms with Crippen LogP contribution in [-0.2, 0) is 28.6 Å². The Morgan fingerprint density at radius 1 is 1.28 bits per heavy atom. The fourth-order valence-corrected chi connectivity index (χ4v) is 2.13. The number of esters is 3. The lowest BCUT2D eigenvalue weighted by Crippen LogP contribution is -2.31. The number of ether oxygens (including phenoxy) is 3. The van der Waals surface area contributed by atoms with Gasteiger partial charge in [-0.3, -0.25) is 4.79 Å². The topological polar surface area (TPSA) is 78.9 Å². The molecule has 0 aromatic rings. The van der Waals surface area contributed by atoms with E-state index in [0.29, 0.717) is 12.0 Å². The van der Waals surface area contributed by atoms with Crippen LogP contribution >= 0.6 is 0 Å². The summed E-state index contributed by atoms with van der Waals surface area (Å²) >= 11 is 0. The molecule has 0 spiro atoms. The molecule has 1 aliphatic carbocycles. The third-order valence-electron chi connectivity index (χ3n) is 3.04. The fraction of sp³-hybridized carbons (Fsp3) is 0.417. The van der Waals surface area contributed by atoms with Gasteiger partial charge in [0.2, 0.25) is 5.76 Å². The van der Waals surface area contributed by atoms with Gasteiger partial charge in [-0.2, -0.15) is 0 Å². The van der Waals surface area contributed by atoms with Crippen molar-refractivity contribution in [3.63, 3.8) is 0 Å². The fourth-order valence-electron chi connectivity index (χ4n) is 2.13. The summed E-state index contributed by atoms with van der Waals surface area (Å²) in [5.74, 6) is -2.89. The van der Waals surface area contributed by atoms with Gasteiger partial charge in [0.25, 0.3) is 0 Å². The number of allylic oxidation sites excluding steroid dienone is 2. The molecule has 0 unspecified atom stereocenters. The molecule has 0 saturated carbocycles. The zero-order valence-corrected chi connectivity index (χ0v) is 9.97. The lowest BCUT2D eigenvalue weighted by atomic mass is 9.88. The molecule has 2 rings (SSSR count). The van der Waals surface area contributed by atoms with Gasteiger partial charge >= 0.3 is 17.9 Å². The van der Waals surface area contributed by atoms with E-state index in [9.17, 15) is 14.4 Å². The molecule has 0 amide bonds. The molecule has 0 aromatic carbocycles. The number of carbonyl (C=O) groups excluding carboxylic acids is 3. The second-order valence-corrected chi connectivity index (χ2v) is 3.96. The molecular formula is C12H12O6. The summed E-state index contributed by atoms with van der Waals surface area (Å²) in [4.78, 5) is 34.6. The van der Waals surface area contributed by atoms with E-state index in [1.807, 2.05) is 0 Å². The molecule has 0 fully saturated rings. The van der Waals surface area contributed by atoms with E-state index in [0.717, 1.165) is 0 Å². The lowest BCUT2D eigenvalue weighted by Gasteiger charge is -2.23. The van der Waals surface area contributed by atoms with Crippen molar-refractivity contribution in [2.75, 3.05) is 14.2 Å². The Kier molecular flexibility index (Phi) is 3.18. The van der Waals surface area contributed by atoms with Gasteiger partial charge in [-0.15, -0.1) is 0 Å². The normalized spacial score (nSPS) is 25.6. The van der Waals surface area contributed by atoms with Crippen LogP contribution in [0.1, 0.15) is 6.42 Å². The highest BCUT2D eigenvalue weighted by atomic mass is 16.6. The zero-order chi connectivity index (χ0) is 13.3. The van der Waals surface area contributed by atoms with Crippen molar-refractivity contribution in [2.24, 2.45) is 11.8 Å². The summed E-state index contributed by atoms with van der Waals surface area (Å²) in [7, 11) is 2.46. The first-order valence-corrected chi connectivity index (χ1v) is 5.38. The molecule has 0 N–H and O–H groups in total. The van der Waals surface area contributed by atoms with Crippen LogP contribution in [0.15, 0.2) is 23.5 Å². The molecule has 6 nitrogen and oxygen atoms in total. The highest BCUT2D eigenvalue weighted by Crippen LogP contribution is 2.38. The molecule has 96 valence electrons. The second-order valence-electron chi connectivity index (χ2n) is 3.96. The Balaban J connectivity index is 2.32. The Hall–Kier alpha value is -2.11.